The number of carbonyl (C=O) groups excluding carboxylic acids is 3. The number of sulfonamides is 1. The summed E-state index contributed by atoms with van der Waals surface area (Å²) >= 11 is 1.30. The van der Waals surface area contributed by atoms with Crippen LogP contribution in [-0.2, 0) is 26.6 Å². The fourth-order valence-electron chi connectivity index (χ4n) is 3.92. The van der Waals surface area contributed by atoms with Crippen LogP contribution in [0.5, 0.6) is 0 Å². The van der Waals surface area contributed by atoms with Gasteiger partial charge in [0.2, 0.25) is 15.9 Å². The van der Waals surface area contributed by atoms with E-state index in [4.69, 9.17) is 4.74 Å². The van der Waals surface area contributed by atoms with E-state index in [9.17, 15) is 22.8 Å². The van der Waals surface area contributed by atoms with Crippen molar-refractivity contribution in [3.05, 3.63) is 52.8 Å². The zero-order valence-corrected chi connectivity index (χ0v) is 22.3. The fourth-order valence-corrected chi connectivity index (χ4v) is 6.40. The number of ether oxygens (including phenoxy) is 1. The van der Waals surface area contributed by atoms with E-state index >= 15 is 0 Å². The van der Waals surface area contributed by atoms with Crippen molar-refractivity contribution in [3.63, 3.8) is 0 Å². The molecule has 3 amide bonds. The molecule has 13 heteroatoms. The highest BCUT2D eigenvalue weighted by Crippen LogP contribution is 2.22. The molecule has 1 saturated heterocycles. The van der Waals surface area contributed by atoms with Gasteiger partial charge in [-0.1, -0.05) is 11.3 Å². The summed E-state index contributed by atoms with van der Waals surface area (Å²) in [4.78, 5) is 42.3. The molecule has 4 rings (SSSR count). The zero-order valence-electron chi connectivity index (χ0n) is 20.6. The molecule has 0 atom stereocenters. The van der Waals surface area contributed by atoms with Crippen LogP contribution in [0.3, 0.4) is 0 Å². The first-order valence-corrected chi connectivity index (χ1v) is 13.8. The van der Waals surface area contributed by atoms with Gasteiger partial charge in [-0.25, -0.2) is 13.2 Å². The molecule has 3 aromatic rings. The maximum absolute atomic E-state index is 13.1. The third-order valence-electron chi connectivity index (χ3n) is 5.83. The number of piperazine rings is 1. The van der Waals surface area contributed by atoms with Crippen LogP contribution in [0.25, 0.3) is 10.2 Å². The van der Waals surface area contributed by atoms with Crippen molar-refractivity contribution in [2.24, 2.45) is 12.0 Å². The Kier molecular flexibility index (Phi) is 7.76. The minimum absolute atomic E-state index is 0.0616. The maximum atomic E-state index is 13.1. The van der Waals surface area contributed by atoms with E-state index in [0.717, 1.165) is 10.2 Å². The van der Waals surface area contributed by atoms with Crippen molar-refractivity contribution in [3.8, 4) is 0 Å². The Hall–Kier alpha value is -3.55. The summed E-state index contributed by atoms with van der Waals surface area (Å²) < 4.78 is 35.0. The molecule has 1 aliphatic rings. The minimum atomic E-state index is -3.78. The summed E-state index contributed by atoms with van der Waals surface area (Å²) in [5, 5.41) is 2.73. The SMILES string of the molecule is CCOC(=O)N1CCN(S(=O)(=O)c2ccc(C(=O)N=c3sc4cc(NC(C)=O)ccc4n3C)cc2)CC1. The quantitative estimate of drug-likeness (QED) is 0.524. The van der Waals surface area contributed by atoms with Crippen molar-refractivity contribution < 1.29 is 27.5 Å². The first kappa shape index (κ1) is 26.5. The average Bonchev–Trinajstić information content (AvgIpc) is 3.18. The van der Waals surface area contributed by atoms with E-state index in [0.29, 0.717) is 10.5 Å². The molecule has 0 radical (unpaired) electrons. The van der Waals surface area contributed by atoms with Gasteiger partial charge in [0.05, 0.1) is 21.7 Å². The smallest absolute Gasteiger partial charge is 0.409 e. The van der Waals surface area contributed by atoms with E-state index in [1.54, 1.807) is 24.6 Å². The van der Waals surface area contributed by atoms with Crippen LogP contribution in [-0.4, -0.2) is 72.9 Å². The van der Waals surface area contributed by atoms with Crippen molar-refractivity contribution >= 4 is 55.2 Å². The molecule has 1 aromatic heterocycles. The number of anilines is 1. The Morgan fingerprint density at radius 1 is 1.05 bits per heavy atom. The number of fused-ring (bicyclic) bond motifs is 1. The molecule has 0 aliphatic carbocycles. The van der Waals surface area contributed by atoms with Gasteiger partial charge >= 0.3 is 6.09 Å². The van der Waals surface area contributed by atoms with Gasteiger partial charge in [0.25, 0.3) is 5.91 Å². The van der Waals surface area contributed by atoms with Crippen LogP contribution >= 0.6 is 11.3 Å². The lowest BCUT2D eigenvalue weighted by atomic mass is 10.2. The summed E-state index contributed by atoms with van der Waals surface area (Å²) in [6.45, 7) is 4.20. The average molecular weight is 546 g/mol. The van der Waals surface area contributed by atoms with E-state index in [-0.39, 0.29) is 49.2 Å². The number of aryl methyl sites for hydroxylation is 1. The normalized spacial score (nSPS) is 15.1. The number of rotatable bonds is 5. The largest absolute Gasteiger partial charge is 0.450 e. The molecule has 11 nitrogen and oxygen atoms in total. The molecule has 0 spiro atoms. The van der Waals surface area contributed by atoms with Crippen molar-refractivity contribution in [2.45, 2.75) is 18.7 Å². The highest BCUT2D eigenvalue weighted by atomic mass is 32.2. The van der Waals surface area contributed by atoms with E-state index in [1.807, 2.05) is 12.1 Å². The summed E-state index contributed by atoms with van der Waals surface area (Å²) in [6, 6.07) is 11.1. The van der Waals surface area contributed by atoms with E-state index in [1.165, 1.54) is 51.7 Å². The topological polar surface area (TPSA) is 130 Å². The fraction of sp³-hybridized carbons (Fsp3) is 0.333. The van der Waals surface area contributed by atoms with Gasteiger partial charge in [-0.15, -0.1) is 0 Å². The number of hydrogen-bond acceptors (Lipinski definition) is 7. The molecular weight excluding hydrogens is 518 g/mol. The molecule has 2 heterocycles. The molecular formula is C24H27N5O6S2. The van der Waals surface area contributed by atoms with Crippen molar-refractivity contribution in [2.75, 3.05) is 38.1 Å². The van der Waals surface area contributed by atoms with E-state index in [2.05, 4.69) is 10.3 Å². The second-order valence-corrected chi connectivity index (χ2v) is 11.3. The Bertz CT molecular complexity index is 1520. The Morgan fingerprint density at radius 2 is 1.73 bits per heavy atom. The summed E-state index contributed by atoms with van der Waals surface area (Å²) in [7, 11) is -1.99. The summed E-state index contributed by atoms with van der Waals surface area (Å²) in [5.74, 6) is -0.680. The van der Waals surface area contributed by atoms with Gasteiger partial charge in [-0.2, -0.15) is 9.30 Å². The van der Waals surface area contributed by atoms with Crippen molar-refractivity contribution in [1.82, 2.24) is 13.8 Å². The standard InChI is InChI=1S/C24H27N5O6S2/c1-4-35-24(32)28-11-13-29(14-12-28)37(33,34)19-8-5-17(6-9-19)22(31)26-23-27(3)20-10-7-18(25-16(2)30)15-21(20)36-23/h5-10,15H,4,11-14H2,1-3H3,(H,25,30). The molecule has 2 aromatic carbocycles. The lowest BCUT2D eigenvalue weighted by Gasteiger charge is -2.33. The van der Waals surface area contributed by atoms with E-state index < -0.39 is 22.0 Å². The number of benzene rings is 2. The Morgan fingerprint density at radius 3 is 2.35 bits per heavy atom. The highest BCUT2D eigenvalue weighted by molar-refractivity contribution is 7.89. The van der Waals surface area contributed by atoms with Crippen LogP contribution in [0.4, 0.5) is 10.5 Å². The third kappa shape index (κ3) is 5.73. The predicted molar refractivity (Wildman–Crippen MR) is 139 cm³/mol. The van der Waals surface area contributed by atoms with Crippen LogP contribution < -0.4 is 10.1 Å². The molecule has 1 fully saturated rings. The number of carbonyl (C=O) groups is 3. The van der Waals surface area contributed by atoms with Gasteiger partial charge in [0, 0.05) is 51.4 Å². The molecule has 37 heavy (non-hydrogen) atoms. The Labute approximate surface area is 218 Å². The number of aromatic nitrogens is 1. The van der Waals surface area contributed by atoms with Crippen molar-refractivity contribution in [1.29, 1.82) is 0 Å². The Balaban J connectivity index is 1.50. The maximum Gasteiger partial charge on any atom is 0.409 e. The lowest BCUT2D eigenvalue weighted by Crippen LogP contribution is -2.50. The van der Waals surface area contributed by atoms with Gasteiger partial charge in [0.1, 0.15) is 0 Å². The molecule has 0 saturated carbocycles. The third-order valence-corrected chi connectivity index (χ3v) is 8.84. The number of hydrogen-bond donors (Lipinski definition) is 1. The molecule has 1 aliphatic heterocycles. The second kappa shape index (κ2) is 10.8. The molecule has 0 bridgehead atoms. The van der Waals surface area contributed by atoms with Gasteiger partial charge in [0.15, 0.2) is 4.80 Å². The van der Waals surface area contributed by atoms with Gasteiger partial charge < -0.3 is 19.5 Å². The minimum Gasteiger partial charge on any atom is -0.450 e. The lowest BCUT2D eigenvalue weighted by molar-refractivity contribution is -0.114. The number of nitrogens with zero attached hydrogens (tertiary/aromatic N) is 4. The van der Waals surface area contributed by atoms with Gasteiger partial charge in [-0.3, -0.25) is 9.59 Å². The predicted octanol–water partition coefficient (Wildman–Crippen LogP) is 2.40. The van der Waals surface area contributed by atoms with Crippen LogP contribution in [0.15, 0.2) is 52.4 Å². The van der Waals surface area contributed by atoms with Crippen LogP contribution in [0, 0.1) is 0 Å². The van der Waals surface area contributed by atoms with Crippen LogP contribution in [0.1, 0.15) is 24.2 Å². The second-order valence-electron chi connectivity index (χ2n) is 8.34. The zero-order chi connectivity index (χ0) is 26.7. The molecule has 1 N–H and O–H groups in total. The first-order chi connectivity index (χ1) is 17.6. The molecule has 0 unspecified atom stereocenters. The number of nitrogens with one attached hydrogen (secondary N) is 1. The van der Waals surface area contributed by atoms with Gasteiger partial charge in [-0.05, 0) is 49.4 Å². The summed E-state index contributed by atoms with van der Waals surface area (Å²) in [5.41, 5.74) is 1.76. The highest BCUT2D eigenvalue weighted by Gasteiger charge is 2.30. The van der Waals surface area contributed by atoms with Crippen LogP contribution in [0.2, 0.25) is 0 Å². The molecule has 196 valence electrons. The number of thiazole rings is 1. The summed E-state index contributed by atoms with van der Waals surface area (Å²) in [6.07, 6.45) is -0.452. The monoisotopic (exact) mass is 545 g/mol. The number of amides is 3. The first-order valence-electron chi connectivity index (χ1n) is 11.6.